The van der Waals surface area contributed by atoms with Crippen LogP contribution >= 0.6 is 0 Å². The first-order chi connectivity index (χ1) is 16.3. The van der Waals surface area contributed by atoms with E-state index in [1.54, 1.807) is 0 Å². The van der Waals surface area contributed by atoms with E-state index in [1.807, 2.05) is 44.2 Å². The summed E-state index contributed by atoms with van der Waals surface area (Å²) in [5, 5.41) is 9.23. The monoisotopic (exact) mass is 449 g/mol. The Labute approximate surface area is 204 Å². The van der Waals surface area contributed by atoms with Crippen molar-refractivity contribution in [2.24, 2.45) is 0 Å². The Hall–Kier alpha value is -3.72. The highest BCUT2D eigenvalue weighted by molar-refractivity contribution is 5.77. The van der Waals surface area contributed by atoms with Crippen LogP contribution in [0.1, 0.15) is 52.7 Å². The van der Waals surface area contributed by atoms with Crippen LogP contribution in [-0.2, 0) is 5.41 Å². The van der Waals surface area contributed by atoms with Gasteiger partial charge in [0.2, 0.25) is 0 Å². The highest BCUT2D eigenvalue weighted by Gasteiger charge is 2.18. The lowest BCUT2D eigenvalue weighted by molar-refractivity contribution is 0.590. The highest BCUT2D eigenvalue weighted by Crippen LogP contribution is 2.31. The summed E-state index contributed by atoms with van der Waals surface area (Å²) >= 11 is 0. The molecule has 3 nitrogen and oxygen atoms in total. The summed E-state index contributed by atoms with van der Waals surface area (Å²) in [5.74, 6) is 1.65. The minimum Gasteiger partial charge on any atom is -0.279 e. The van der Waals surface area contributed by atoms with Crippen LogP contribution in [0.5, 0.6) is 0 Å². The fraction of sp³-hybridized carbons (Fsp3) is 0.226. The third-order valence-electron chi connectivity index (χ3n) is 5.67. The molecule has 0 atom stereocenters. The van der Waals surface area contributed by atoms with Crippen molar-refractivity contribution in [3.8, 4) is 22.8 Å². The molecule has 0 amide bonds. The summed E-state index contributed by atoms with van der Waals surface area (Å²) in [6.45, 7) is 16.6. The van der Waals surface area contributed by atoms with Crippen molar-refractivity contribution in [1.82, 2.24) is 14.8 Å². The van der Waals surface area contributed by atoms with Crippen molar-refractivity contribution in [3.63, 3.8) is 0 Å². The maximum Gasteiger partial charge on any atom is 0.168 e. The Balaban J connectivity index is 2.11. The lowest BCUT2D eigenvalue weighted by Crippen LogP contribution is -2.10. The normalized spacial score (nSPS) is 13.2. The zero-order valence-electron chi connectivity index (χ0n) is 21.2. The number of hydrogen-bond donors (Lipinski definition) is 0. The SMILES string of the molecule is C=C/C=C(\C=C/C)c1ccc(-c2nnc(-c3ccc(C(C)(C)C)cc3)n2/C(C)=C/C=C\C)cc1. The van der Waals surface area contributed by atoms with Gasteiger partial charge in [0.15, 0.2) is 11.6 Å². The van der Waals surface area contributed by atoms with Gasteiger partial charge in [0.05, 0.1) is 0 Å². The number of hydrogen-bond acceptors (Lipinski definition) is 2. The third kappa shape index (κ3) is 5.60. The minimum absolute atomic E-state index is 0.104. The Bertz CT molecular complexity index is 1240. The summed E-state index contributed by atoms with van der Waals surface area (Å²) in [4.78, 5) is 0. The zero-order chi connectivity index (χ0) is 24.7. The van der Waals surface area contributed by atoms with Gasteiger partial charge in [-0.1, -0.05) is 112 Å². The maximum absolute atomic E-state index is 4.61. The summed E-state index contributed by atoms with van der Waals surface area (Å²) in [7, 11) is 0. The zero-order valence-corrected chi connectivity index (χ0v) is 21.2. The van der Waals surface area contributed by atoms with Crippen molar-refractivity contribution >= 4 is 11.3 Å². The minimum atomic E-state index is 0.104. The standard InChI is InChI=1S/C31H35N3/c1-8-11-14-23(4)34-29(26-17-15-25(16-18-26)24(12-9-2)13-10-3)32-33-30(34)27-19-21-28(22-20-27)31(5,6)7/h8-22H,2H2,1,3-7H3/b11-8-,13-10-,23-14+,24-12+. The van der Waals surface area contributed by atoms with Crippen LogP contribution in [0, 0.1) is 0 Å². The summed E-state index contributed by atoms with van der Waals surface area (Å²) in [6, 6.07) is 17.1. The van der Waals surface area contributed by atoms with E-state index < -0.39 is 0 Å². The second kappa shape index (κ2) is 10.9. The fourth-order valence-corrected chi connectivity index (χ4v) is 3.79. The maximum atomic E-state index is 4.61. The number of benzene rings is 2. The van der Waals surface area contributed by atoms with Crippen LogP contribution < -0.4 is 0 Å². The predicted octanol–water partition coefficient (Wildman–Crippen LogP) is 8.49. The van der Waals surface area contributed by atoms with Crippen molar-refractivity contribution in [2.45, 2.75) is 47.0 Å². The molecule has 0 radical (unpaired) electrons. The summed E-state index contributed by atoms with van der Waals surface area (Å²) < 4.78 is 2.13. The first-order valence-electron chi connectivity index (χ1n) is 11.7. The van der Waals surface area contributed by atoms with Gasteiger partial charge in [-0.25, -0.2) is 0 Å². The number of aromatic nitrogens is 3. The van der Waals surface area contributed by atoms with Crippen molar-refractivity contribution < 1.29 is 0 Å². The molecule has 3 rings (SSSR count). The topological polar surface area (TPSA) is 30.7 Å². The van der Waals surface area contributed by atoms with E-state index in [0.717, 1.165) is 39.6 Å². The van der Waals surface area contributed by atoms with Gasteiger partial charge in [-0.05, 0) is 49.0 Å². The van der Waals surface area contributed by atoms with Crippen LogP contribution in [0.15, 0.2) is 97.6 Å². The Morgan fingerprint density at radius 3 is 1.85 bits per heavy atom. The van der Waals surface area contributed by atoms with Gasteiger partial charge in [-0.3, -0.25) is 4.57 Å². The molecule has 0 N–H and O–H groups in total. The molecule has 0 aliphatic carbocycles. The lowest BCUT2D eigenvalue weighted by atomic mass is 9.86. The van der Waals surface area contributed by atoms with Crippen molar-refractivity contribution in [1.29, 1.82) is 0 Å². The Morgan fingerprint density at radius 1 is 0.824 bits per heavy atom. The molecular weight excluding hydrogens is 414 g/mol. The second-order valence-electron chi connectivity index (χ2n) is 9.28. The van der Waals surface area contributed by atoms with Gasteiger partial charge in [0, 0.05) is 16.8 Å². The average Bonchev–Trinajstić information content (AvgIpc) is 3.27. The third-order valence-corrected chi connectivity index (χ3v) is 5.67. The quantitative estimate of drug-likeness (QED) is 0.339. The van der Waals surface area contributed by atoms with Crippen LogP contribution in [-0.4, -0.2) is 14.8 Å². The predicted molar refractivity (Wildman–Crippen MR) is 147 cm³/mol. The van der Waals surface area contributed by atoms with Gasteiger partial charge >= 0.3 is 0 Å². The van der Waals surface area contributed by atoms with E-state index in [1.165, 1.54) is 5.56 Å². The van der Waals surface area contributed by atoms with Gasteiger partial charge in [-0.15, -0.1) is 10.2 Å². The van der Waals surface area contributed by atoms with Crippen LogP contribution in [0.25, 0.3) is 34.0 Å². The highest BCUT2D eigenvalue weighted by atomic mass is 15.3. The van der Waals surface area contributed by atoms with Gasteiger partial charge in [0.25, 0.3) is 0 Å². The first-order valence-corrected chi connectivity index (χ1v) is 11.7. The van der Waals surface area contributed by atoms with Gasteiger partial charge in [0.1, 0.15) is 0 Å². The molecule has 3 aromatic rings. The van der Waals surface area contributed by atoms with E-state index in [2.05, 4.69) is 110 Å². The molecule has 1 aromatic heterocycles. The largest absolute Gasteiger partial charge is 0.279 e. The molecule has 1 heterocycles. The fourth-order valence-electron chi connectivity index (χ4n) is 3.79. The van der Waals surface area contributed by atoms with E-state index in [0.29, 0.717) is 0 Å². The van der Waals surface area contributed by atoms with Crippen molar-refractivity contribution in [3.05, 3.63) is 109 Å². The van der Waals surface area contributed by atoms with E-state index in [9.17, 15) is 0 Å². The summed E-state index contributed by atoms with van der Waals surface area (Å²) in [6.07, 6.45) is 14.1. The molecule has 174 valence electrons. The number of allylic oxidation sites excluding steroid dienone is 9. The van der Waals surface area contributed by atoms with E-state index in [4.69, 9.17) is 0 Å². The van der Waals surface area contributed by atoms with Crippen molar-refractivity contribution in [2.75, 3.05) is 0 Å². The molecule has 0 fully saturated rings. The Morgan fingerprint density at radius 2 is 1.38 bits per heavy atom. The molecule has 0 saturated carbocycles. The molecule has 2 aromatic carbocycles. The molecule has 3 heteroatoms. The smallest absolute Gasteiger partial charge is 0.168 e. The molecule has 0 aliphatic rings. The molecular formula is C31H35N3. The molecule has 0 unspecified atom stereocenters. The number of rotatable bonds is 7. The average molecular weight is 450 g/mol. The lowest BCUT2D eigenvalue weighted by Gasteiger charge is -2.19. The van der Waals surface area contributed by atoms with Gasteiger partial charge < -0.3 is 0 Å². The van der Waals surface area contributed by atoms with Crippen LogP contribution in [0.3, 0.4) is 0 Å². The molecule has 34 heavy (non-hydrogen) atoms. The van der Waals surface area contributed by atoms with Crippen LogP contribution in [0.2, 0.25) is 0 Å². The molecule has 0 bridgehead atoms. The summed E-state index contributed by atoms with van der Waals surface area (Å²) in [5.41, 5.74) is 6.76. The number of nitrogens with zero attached hydrogens (tertiary/aromatic N) is 3. The van der Waals surface area contributed by atoms with E-state index in [-0.39, 0.29) is 5.41 Å². The second-order valence-corrected chi connectivity index (χ2v) is 9.28. The molecule has 0 aliphatic heterocycles. The van der Waals surface area contributed by atoms with E-state index >= 15 is 0 Å². The Kier molecular flexibility index (Phi) is 8.01. The van der Waals surface area contributed by atoms with Gasteiger partial charge in [-0.2, -0.15) is 0 Å². The van der Waals surface area contributed by atoms with Crippen LogP contribution in [0.4, 0.5) is 0 Å². The first kappa shape index (κ1) is 24.9. The molecule has 0 spiro atoms. The molecule has 0 saturated heterocycles.